The summed E-state index contributed by atoms with van der Waals surface area (Å²) in [4.78, 5) is 18.7. The summed E-state index contributed by atoms with van der Waals surface area (Å²) in [7, 11) is 0. The van der Waals surface area contributed by atoms with Crippen molar-refractivity contribution in [3.05, 3.63) is 24.3 Å². The molecule has 1 aromatic heterocycles. The van der Waals surface area contributed by atoms with Crippen LogP contribution in [0.5, 0.6) is 0 Å². The number of benzene rings is 1. The third-order valence-corrected chi connectivity index (χ3v) is 2.19. The number of aromatic nitrogens is 2. The maximum absolute atomic E-state index is 11.5. The number of fused-ring (bicyclic) bond motifs is 1. The summed E-state index contributed by atoms with van der Waals surface area (Å²) in [6, 6.07) is 7.60. The maximum atomic E-state index is 11.5. The SMILES string of the molecule is CC(C)OCC(=O)Nc1nc2ccccc2[nH]1. The molecule has 0 aliphatic rings. The molecule has 1 aromatic carbocycles. The number of carbonyl (C=O) groups excluding carboxylic acids is 1. The molecule has 0 aliphatic carbocycles. The Morgan fingerprint density at radius 2 is 2.24 bits per heavy atom. The van der Waals surface area contributed by atoms with Crippen LogP contribution in [-0.4, -0.2) is 28.6 Å². The van der Waals surface area contributed by atoms with Gasteiger partial charge < -0.3 is 9.72 Å². The number of nitrogens with zero attached hydrogens (tertiary/aromatic N) is 1. The predicted octanol–water partition coefficient (Wildman–Crippen LogP) is 1.93. The fourth-order valence-electron chi connectivity index (χ4n) is 1.42. The van der Waals surface area contributed by atoms with Gasteiger partial charge in [0.1, 0.15) is 6.61 Å². The lowest BCUT2D eigenvalue weighted by Crippen LogP contribution is -2.21. The van der Waals surface area contributed by atoms with E-state index in [1.54, 1.807) is 0 Å². The lowest BCUT2D eigenvalue weighted by atomic mass is 10.3. The minimum atomic E-state index is -0.210. The first-order valence-corrected chi connectivity index (χ1v) is 5.51. The van der Waals surface area contributed by atoms with Crippen molar-refractivity contribution < 1.29 is 9.53 Å². The van der Waals surface area contributed by atoms with Crippen molar-refractivity contribution in [2.75, 3.05) is 11.9 Å². The zero-order chi connectivity index (χ0) is 12.3. The number of imidazole rings is 1. The van der Waals surface area contributed by atoms with Gasteiger partial charge >= 0.3 is 0 Å². The van der Waals surface area contributed by atoms with Crippen molar-refractivity contribution in [2.45, 2.75) is 20.0 Å². The molecule has 5 nitrogen and oxygen atoms in total. The third kappa shape index (κ3) is 3.04. The van der Waals surface area contributed by atoms with Crippen LogP contribution in [0.1, 0.15) is 13.8 Å². The van der Waals surface area contributed by atoms with Gasteiger partial charge in [-0.3, -0.25) is 10.1 Å². The van der Waals surface area contributed by atoms with Crippen molar-refractivity contribution in [1.82, 2.24) is 9.97 Å². The fraction of sp³-hybridized carbons (Fsp3) is 0.333. The molecule has 1 amide bonds. The highest BCUT2D eigenvalue weighted by atomic mass is 16.5. The van der Waals surface area contributed by atoms with E-state index >= 15 is 0 Å². The molecule has 0 bridgehead atoms. The number of nitrogens with one attached hydrogen (secondary N) is 2. The quantitative estimate of drug-likeness (QED) is 0.847. The number of H-pyrrole nitrogens is 1. The predicted molar refractivity (Wildman–Crippen MR) is 65.8 cm³/mol. The molecule has 2 N–H and O–H groups in total. The lowest BCUT2D eigenvalue weighted by molar-refractivity contribution is -0.122. The van der Waals surface area contributed by atoms with Gasteiger partial charge in [-0.1, -0.05) is 12.1 Å². The van der Waals surface area contributed by atoms with E-state index in [0.29, 0.717) is 5.95 Å². The molecule has 0 saturated heterocycles. The molecule has 0 radical (unpaired) electrons. The molecule has 1 heterocycles. The van der Waals surface area contributed by atoms with Crippen LogP contribution in [0, 0.1) is 0 Å². The summed E-state index contributed by atoms with van der Waals surface area (Å²) in [5.41, 5.74) is 1.72. The molecule has 0 aliphatic heterocycles. The van der Waals surface area contributed by atoms with Crippen LogP contribution in [0.25, 0.3) is 11.0 Å². The summed E-state index contributed by atoms with van der Waals surface area (Å²) in [5.74, 6) is 0.237. The second-order valence-electron chi connectivity index (χ2n) is 4.01. The highest BCUT2D eigenvalue weighted by Gasteiger charge is 2.07. The van der Waals surface area contributed by atoms with Gasteiger partial charge in [-0.25, -0.2) is 4.98 Å². The number of rotatable bonds is 4. The minimum absolute atomic E-state index is 0.0364. The van der Waals surface area contributed by atoms with Gasteiger partial charge in [0.2, 0.25) is 5.95 Å². The minimum Gasteiger partial charge on any atom is -0.369 e. The van der Waals surface area contributed by atoms with Crippen LogP contribution in [0.15, 0.2) is 24.3 Å². The van der Waals surface area contributed by atoms with E-state index in [2.05, 4.69) is 15.3 Å². The van der Waals surface area contributed by atoms with E-state index in [1.165, 1.54) is 0 Å². The van der Waals surface area contributed by atoms with Crippen LogP contribution in [0.3, 0.4) is 0 Å². The Hall–Kier alpha value is -1.88. The number of para-hydroxylation sites is 2. The van der Waals surface area contributed by atoms with Gasteiger partial charge in [0.15, 0.2) is 0 Å². The van der Waals surface area contributed by atoms with Gasteiger partial charge in [-0.15, -0.1) is 0 Å². The van der Waals surface area contributed by atoms with Crippen molar-refractivity contribution in [3.63, 3.8) is 0 Å². The van der Waals surface area contributed by atoms with Crippen molar-refractivity contribution in [2.24, 2.45) is 0 Å². The zero-order valence-corrected chi connectivity index (χ0v) is 9.86. The highest BCUT2D eigenvalue weighted by molar-refractivity contribution is 5.91. The first kappa shape index (κ1) is 11.6. The van der Waals surface area contributed by atoms with Gasteiger partial charge in [0, 0.05) is 0 Å². The van der Waals surface area contributed by atoms with E-state index in [1.807, 2.05) is 38.1 Å². The molecule has 17 heavy (non-hydrogen) atoms. The number of carbonyl (C=O) groups is 1. The molecule has 2 aromatic rings. The Bertz CT molecular complexity index is 486. The van der Waals surface area contributed by atoms with Gasteiger partial charge in [-0.2, -0.15) is 0 Å². The van der Waals surface area contributed by atoms with Crippen LogP contribution in [0.2, 0.25) is 0 Å². The fourth-order valence-corrected chi connectivity index (χ4v) is 1.42. The number of hydrogen-bond acceptors (Lipinski definition) is 3. The van der Waals surface area contributed by atoms with Gasteiger partial charge in [0.25, 0.3) is 5.91 Å². The molecular weight excluding hydrogens is 218 g/mol. The number of ether oxygens (including phenoxy) is 1. The average molecular weight is 233 g/mol. The molecule has 0 atom stereocenters. The standard InChI is InChI=1S/C12H15N3O2/c1-8(2)17-7-11(16)15-12-13-9-5-3-4-6-10(9)14-12/h3-6,8H,7H2,1-2H3,(H2,13,14,15,16). The van der Waals surface area contributed by atoms with Crippen LogP contribution in [-0.2, 0) is 9.53 Å². The summed E-state index contributed by atoms with van der Waals surface area (Å²) in [6.45, 7) is 3.80. The molecular formula is C12H15N3O2. The molecule has 0 unspecified atom stereocenters. The monoisotopic (exact) mass is 233 g/mol. The van der Waals surface area contributed by atoms with Crippen LogP contribution < -0.4 is 5.32 Å². The van der Waals surface area contributed by atoms with Gasteiger partial charge in [0.05, 0.1) is 17.1 Å². The summed E-state index contributed by atoms with van der Waals surface area (Å²) in [5, 5.41) is 2.66. The molecule has 0 saturated carbocycles. The molecule has 0 spiro atoms. The van der Waals surface area contributed by atoms with Crippen LogP contribution >= 0.6 is 0 Å². The van der Waals surface area contributed by atoms with Gasteiger partial charge in [-0.05, 0) is 26.0 Å². The Morgan fingerprint density at radius 1 is 1.47 bits per heavy atom. The number of anilines is 1. The zero-order valence-electron chi connectivity index (χ0n) is 9.86. The Morgan fingerprint density at radius 3 is 2.94 bits per heavy atom. The van der Waals surface area contributed by atoms with Crippen molar-refractivity contribution in [1.29, 1.82) is 0 Å². The highest BCUT2D eigenvalue weighted by Crippen LogP contribution is 2.12. The summed E-state index contributed by atoms with van der Waals surface area (Å²) in [6.07, 6.45) is 0.0384. The van der Waals surface area contributed by atoms with E-state index in [-0.39, 0.29) is 18.6 Å². The number of amides is 1. The van der Waals surface area contributed by atoms with E-state index < -0.39 is 0 Å². The third-order valence-electron chi connectivity index (χ3n) is 2.19. The average Bonchev–Trinajstić information content (AvgIpc) is 2.68. The smallest absolute Gasteiger partial charge is 0.252 e. The van der Waals surface area contributed by atoms with Crippen LogP contribution in [0.4, 0.5) is 5.95 Å². The second kappa shape index (κ2) is 4.97. The molecule has 90 valence electrons. The first-order valence-electron chi connectivity index (χ1n) is 5.51. The number of aromatic amines is 1. The lowest BCUT2D eigenvalue weighted by Gasteiger charge is -2.06. The van der Waals surface area contributed by atoms with E-state index in [0.717, 1.165) is 11.0 Å². The van der Waals surface area contributed by atoms with Crippen molar-refractivity contribution >= 4 is 22.9 Å². The Labute approximate surface area is 99.2 Å². The second-order valence-corrected chi connectivity index (χ2v) is 4.01. The molecule has 2 rings (SSSR count). The first-order chi connectivity index (χ1) is 8.15. The van der Waals surface area contributed by atoms with Crippen molar-refractivity contribution in [3.8, 4) is 0 Å². The van der Waals surface area contributed by atoms with E-state index in [4.69, 9.17) is 4.74 Å². The summed E-state index contributed by atoms with van der Waals surface area (Å²) >= 11 is 0. The van der Waals surface area contributed by atoms with E-state index in [9.17, 15) is 4.79 Å². The molecule has 5 heteroatoms. The largest absolute Gasteiger partial charge is 0.369 e. The molecule has 0 fully saturated rings. The Kier molecular flexibility index (Phi) is 3.39. The maximum Gasteiger partial charge on any atom is 0.252 e. The number of hydrogen-bond donors (Lipinski definition) is 2. The normalized spacial score (nSPS) is 11.0. The summed E-state index contributed by atoms with van der Waals surface area (Å²) < 4.78 is 5.20. The Balaban J connectivity index is 2.01. The topological polar surface area (TPSA) is 67.0 Å².